The summed E-state index contributed by atoms with van der Waals surface area (Å²) >= 11 is 0. The van der Waals surface area contributed by atoms with E-state index in [1.807, 2.05) is 0 Å². The third-order valence-electron chi connectivity index (χ3n) is 12.5. The molecule has 1 spiro atoms. The van der Waals surface area contributed by atoms with Gasteiger partial charge in [0, 0.05) is 57.7 Å². The first kappa shape index (κ1) is 23.4. The van der Waals surface area contributed by atoms with Crippen LogP contribution in [0.1, 0.15) is 61.1 Å². The fourth-order valence-corrected chi connectivity index (χ4v) is 10.7. The monoisotopic (exact) mass is 582 g/mol. The average Bonchev–Trinajstić information content (AvgIpc) is 3.69. The lowest BCUT2D eigenvalue weighted by Gasteiger charge is -2.52. The fourth-order valence-electron chi connectivity index (χ4n) is 10.7. The second kappa shape index (κ2) is 6.64. The summed E-state index contributed by atoms with van der Waals surface area (Å²) in [6.07, 6.45) is 7.03. The first-order valence-electron chi connectivity index (χ1n) is 16.2. The fraction of sp³-hybridized carbons (Fsp3) is 0.225. The summed E-state index contributed by atoms with van der Waals surface area (Å²) in [5, 5.41) is 2.68. The molecule has 8 heterocycles. The van der Waals surface area contributed by atoms with Crippen LogP contribution in [-0.2, 0) is 16.4 Å². The number of fused-ring (bicyclic) bond motifs is 6. The number of aromatic nitrogens is 2. The zero-order valence-corrected chi connectivity index (χ0v) is 26.1. The molecular weight excluding hydrogens is 550 g/mol. The van der Waals surface area contributed by atoms with Gasteiger partial charge in [-0.05, 0) is 36.4 Å². The van der Waals surface area contributed by atoms with E-state index in [9.17, 15) is 0 Å². The highest BCUT2D eigenvalue weighted by Crippen LogP contribution is 2.68. The molecule has 0 amide bonds. The van der Waals surface area contributed by atoms with Gasteiger partial charge in [-0.15, -0.1) is 0 Å². The molecule has 12 rings (SSSR count). The van der Waals surface area contributed by atoms with Crippen LogP contribution in [0.3, 0.4) is 0 Å². The van der Waals surface area contributed by atoms with E-state index in [1.165, 1.54) is 83.8 Å². The Hall–Kier alpha value is -5.03. The van der Waals surface area contributed by atoms with Crippen molar-refractivity contribution in [3.05, 3.63) is 131 Å². The Morgan fingerprint density at radius 2 is 1.40 bits per heavy atom. The van der Waals surface area contributed by atoms with Crippen LogP contribution >= 0.6 is 0 Å². The largest absolute Gasteiger partial charge is 0.354 e. The van der Waals surface area contributed by atoms with Gasteiger partial charge in [-0.3, -0.25) is 0 Å². The first-order chi connectivity index (χ1) is 21.8. The van der Waals surface area contributed by atoms with Crippen LogP contribution in [0.2, 0.25) is 0 Å². The van der Waals surface area contributed by atoms with Crippen molar-refractivity contribution in [1.29, 1.82) is 0 Å². The van der Waals surface area contributed by atoms with E-state index in [4.69, 9.17) is 0 Å². The SMILES string of the molecule is CN1C=CN2c3cccc4c3C3(c5c6c(cc7c8ccccc8n-4c57)C(C)(C)c4cccc5c4N6c4c(ccc[n+]43)C5(C)C)C12. The Bertz CT molecular complexity index is 2500. The number of pyridine rings is 1. The van der Waals surface area contributed by atoms with Crippen molar-refractivity contribution < 1.29 is 4.57 Å². The molecule has 45 heavy (non-hydrogen) atoms. The van der Waals surface area contributed by atoms with E-state index in [0.717, 1.165) is 0 Å². The van der Waals surface area contributed by atoms with Crippen LogP contribution in [0.15, 0.2) is 97.5 Å². The van der Waals surface area contributed by atoms with Gasteiger partial charge in [0.25, 0.3) is 5.82 Å². The molecule has 6 aliphatic heterocycles. The minimum absolute atomic E-state index is 0.0681. The molecule has 4 aromatic carbocycles. The van der Waals surface area contributed by atoms with Crippen LogP contribution in [0.5, 0.6) is 0 Å². The second-order valence-corrected chi connectivity index (χ2v) is 15.0. The molecule has 216 valence electrons. The number of nitrogens with zero attached hydrogens (tertiary/aromatic N) is 5. The molecule has 2 atom stereocenters. The Balaban J connectivity index is 1.43. The number of hydrogen-bond donors (Lipinski definition) is 0. The molecular formula is C40H32N5+. The van der Waals surface area contributed by atoms with Gasteiger partial charge >= 0.3 is 0 Å². The molecule has 0 saturated carbocycles. The number of likely N-dealkylation sites (N-methyl/N-ethyl adjacent to an activating group) is 1. The lowest BCUT2D eigenvalue weighted by molar-refractivity contribution is -0.737. The van der Waals surface area contributed by atoms with Crippen LogP contribution in [0.25, 0.3) is 27.5 Å². The maximum atomic E-state index is 2.70. The minimum Gasteiger partial charge on any atom is -0.354 e. The van der Waals surface area contributed by atoms with Crippen molar-refractivity contribution >= 4 is 44.7 Å². The summed E-state index contributed by atoms with van der Waals surface area (Å²) < 4.78 is 5.30. The molecule has 6 aliphatic rings. The van der Waals surface area contributed by atoms with Crippen LogP contribution in [0.4, 0.5) is 22.9 Å². The first-order valence-corrected chi connectivity index (χ1v) is 16.2. The summed E-state index contributed by atoms with van der Waals surface area (Å²) in [5.74, 6) is 1.32. The highest BCUT2D eigenvalue weighted by molar-refractivity contribution is 6.15. The molecule has 0 saturated heterocycles. The zero-order valence-electron chi connectivity index (χ0n) is 26.1. The van der Waals surface area contributed by atoms with Crippen molar-refractivity contribution in [2.45, 2.75) is 50.2 Å². The Kier molecular flexibility index (Phi) is 3.45. The molecule has 5 nitrogen and oxygen atoms in total. The third-order valence-corrected chi connectivity index (χ3v) is 12.5. The Morgan fingerprint density at radius 3 is 2.24 bits per heavy atom. The van der Waals surface area contributed by atoms with E-state index in [-0.39, 0.29) is 17.0 Å². The smallest absolute Gasteiger partial charge is 0.292 e. The number of para-hydroxylation sites is 2. The summed E-state index contributed by atoms with van der Waals surface area (Å²) in [6, 6.07) is 30.3. The predicted octanol–water partition coefficient (Wildman–Crippen LogP) is 7.80. The van der Waals surface area contributed by atoms with Gasteiger partial charge < -0.3 is 14.4 Å². The van der Waals surface area contributed by atoms with Crippen LogP contribution < -0.4 is 14.4 Å². The topological polar surface area (TPSA) is 18.5 Å². The standard InChI is InChI=1S/C40H32N5/c1-38(2)24-12-8-13-25-34(24)45-35-27(39(25,3)4)21-23-22-11-6-7-15-28(22)44-30-17-9-16-29-31(30)40(32(35)33(23)44,37-41(5)19-20-42(29)37)43-18-10-14-26(38)36(43)45/h6-21,37H,1-5H3/q+1. The predicted molar refractivity (Wildman–Crippen MR) is 179 cm³/mol. The Labute approximate surface area is 261 Å². The van der Waals surface area contributed by atoms with Gasteiger partial charge in [0.05, 0.1) is 45.3 Å². The highest BCUT2D eigenvalue weighted by Gasteiger charge is 2.70. The van der Waals surface area contributed by atoms with E-state index in [0.29, 0.717) is 0 Å². The number of hydrogen-bond acceptors (Lipinski definition) is 3. The van der Waals surface area contributed by atoms with Crippen molar-refractivity contribution in [2.24, 2.45) is 0 Å². The minimum atomic E-state index is -0.462. The molecule has 0 aliphatic carbocycles. The number of benzene rings is 4. The quantitative estimate of drug-likeness (QED) is 0.170. The van der Waals surface area contributed by atoms with Crippen molar-refractivity contribution in [3.8, 4) is 5.69 Å². The molecule has 6 aromatic rings. The van der Waals surface area contributed by atoms with Gasteiger partial charge in [0.2, 0.25) is 5.54 Å². The van der Waals surface area contributed by atoms with Crippen molar-refractivity contribution in [3.63, 3.8) is 0 Å². The van der Waals surface area contributed by atoms with Crippen molar-refractivity contribution in [1.82, 2.24) is 9.47 Å². The summed E-state index contributed by atoms with van der Waals surface area (Å²) in [7, 11) is 2.27. The summed E-state index contributed by atoms with van der Waals surface area (Å²) in [4.78, 5) is 7.69. The molecule has 2 aromatic heterocycles. The summed E-state index contributed by atoms with van der Waals surface area (Å²) in [6.45, 7) is 9.77. The average molecular weight is 583 g/mol. The highest BCUT2D eigenvalue weighted by atomic mass is 15.5. The van der Waals surface area contributed by atoms with Gasteiger partial charge in [-0.2, -0.15) is 4.90 Å². The van der Waals surface area contributed by atoms with Crippen molar-refractivity contribution in [2.75, 3.05) is 16.8 Å². The number of rotatable bonds is 0. The molecule has 0 N–H and O–H groups in total. The van der Waals surface area contributed by atoms with E-state index >= 15 is 0 Å². The lowest BCUT2D eigenvalue weighted by Crippen LogP contribution is -2.71. The van der Waals surface area contributed by atoms with E-state index in [2.05, 4.69) is 156 Å². The van der Waals surface area contributed by atoms with Gasteiger partial charge in [0.1, 0.15) is 11.4 Å². The molecule has 0 fully saturated rings. The van der Waals surface area contributed by atoms with Gasteiger partial charge in [-0.25, -0.2) is 4.57 Å². The van der Waals surface area contributed by atoms with Crippen LogP contribution in [0, 0.1) is 0 Å². The van der Waals surface area contributed by atoms with E-state index < -0.39 is 5.54 Å². The van der Waals surface area contributed by atoms with Crippen LogP contribution in [-0.4, -0.2) is 22.7 Å². The summed E-state index contributed by atoms with van der Waals surface area (Å²) in [5.41, 5.74) is 15.7. The maximum Gasteiger partial charge on any atom is 0.292 e. The normalized spacial score (nSPS) is 23.7. The third kappa shape index (κ3) is 2.06. The maximum absolute atomic E-state index is 2.70. The Morgan fingerprint density at radius 1 is 0.667 bits per heavy atom. The second-order valence-electron chi connectivity index (χ2n) is 15.0. The molecule has 0 radical (unpaired) electrons. The van der Waals surface area contributed by atoms with E-state index in [1.54, 1.807) is 0 Å². The zero-order chi connectivity index (χ0) is 29.9. The van der Waals surface area contributed by atoms with Gasteiger partial charge in [0.15, 0.2) is 6.17 Å². The molecule has 2 unspecified atom stereocenters. The molecule has 0 bridgehead atoms. The number of anilines is 4. The van der Waals surface area contributed by atoms with Gasteiger partial charge in [-0.1, -0.05) is 70.2 Å². The lowest BCUT2D eigenvalue weighted by atomic mass is 9.63. The molecule has 5 heteroatoms.